The first-order valence-electron chi connectivity index (χ1n) is 8.66. The van der Waals surface area contributed by atoms with E-state index in [1.807, 2.05) is 60.4 Å². The number of hydrogen-bond donors (Lipinski definition) is 1. The van der Waals surface area contributed by atoms with E-state index in [0.29, 0.717) is 18.8 Å². The highest BCUT2D eigenvalue weighted by Gasteiger charge is 2.27. The summed E-state index contributed by atoms with van der Waals surface area (Å²) >= 11 is 0. The van der Waals surface area contributed by atoms with E-state index in [2.05, 4.69) is 10.2 Å². The van der Waals surface area contributed by atoms with Gasteiger partial charge in [0, 0.05) is 31.3 Å². The van der Waals surface area contributed by atoms with Crippen LogP contribution in [0.1, 0.15) is 28.9 Å². The highest BCUT2D eigenvalue weighted by atomic mass is 16.5. The molecule has 1 aliphatic heterocycles. The number of nitrogens with one attached hydrogen (secondary N) is 1. The predicted molar refractivity (Wildman–Crippen MR) is 96.8 cm³/mol. The van der Waals surface area contributed by atoms with Gasteiger partial charge in [0.2, 0.25) is 0 Å². The fourth-order valence-corrected chi connectivity index (χ4v) is 3.31. The van der Waals surface area contributed by atoms with Crippen molar-refractivity contribution in [1.82, 2.24) is 15.1 Å². The van der Waals surface area contributed by atoms with E-state index >= 15 is 0 Å². The standard InChI is InChI=1S/C20H21N3O2/c1-14-7-8-18-17(13-14)19(22-21-18)20(24)23-11-9-16(10-12-23)25-15-5-3-2-4-6-15/h2-8,13,16H,9-12H2,1H3,(H,21,22). The third-order valence-corrected chi connectivity index (χ3v) is 4.70. The highest BCUT2D eigenvalue weighted by Crippen LogP contribution is 2.22. The van der Waals surface area contributed by atoms with E-state index in [1.165, 1.54) is 0 Å². The third kappa shape index (κ3) is 3.22. The summed E-state index contributed by atoms with van der Waals surface area (Å²) in [6, 6.07) is 15.8. The van der Waals surface area contributed by atoms with Gasteiger partial charge in [0.15, 0.2) is 5.69 Å². The van der Waals surface area contributed by atoms with Gasteiger partial charge in [-0.25, -0.2) is 0 Å². The molecule has 3 aromatic rings. The van der Waals surface area contributed by atoms with Crippen molar-refractivity contribution in [2.45, 2.75) is 25.9 Å². The summed E-state index contributed by atoms with van der Waals surface area (Å²) in [6.45, 7) is 3.40. The minimum Gasteiger partial charge on any atom is -0.490 e. The Labute approximate surface area is 146 Å². The maximum Gasteiger partial charge on any atom is 0.274 e. The summed E-state index contributed by atoms with van der Waals surface area (Å²) in [7, 11) is 0. The summed E-state index contributed by atoms with van der Waals surface area (Å²) in [4.78, 5) is 14.7. The summed E-state index contributed by atoms with van der Waals surface area (Å²) in [5.74, 6) is 0.885. The molecule has 2 heterocycles. The van der Waals surface area contributed by atoms with Crippen LogP contribution in [0.3, 0.4) is 0 Å². The molecule has 25 heavy (non-hydrogen) atoms. The van der Waals surface area contributed by atoms with Gasteiger partial charge in [-0.3, -0.25) is 9.89 Å². The lowest BCUT2D eigenvalue weighted by Gasteiger charge is -2.31. The molecule has 1 amide bonds. The van der Waals surface area contributed by atoms with Gasteiger partial charge < -0.3 is 9.64 Å². The van der Waals surface area contributed by atoms with Crippen LogP contribution in [0, 0.1) is 6.92 Å². The van der Waals surface area contributed by atoms with Crippen LogP contribution >= 0.6 is 0 Å². The number of rotatable bonds is 3. The van der Waals surface area contributed by atoms with Crippen LogP contribution in [-0.2, 0) is 0 Å². The molecule has 2 aromatic carbocycles. The molecule has 1 fully saturated rings. The van der Waals surface area contributed by atoms with Crippen molar-refractivity contribution in [3.63, 3.8) is 0 Å². The van der Waals surface area contributed by atoms with Gasteiger partial charge in [-0.05, 0) is 31.2 Å². The van der Waals surface area contributed by atoms with Crippen LogP contribution < -0.4 is 4.74 Å². The fraction of sp³-hybridized carbons (Fsp3) is 0.300. The number of carbonyl (C=O) groups excluding carboxylic acids is 1. The Morgan fingerprint density at radius 2 is 1.92 bits per heavy atom. The van der Waals surface area contributed by atoms with Crippen molar-refractivity contribution in [3.8, 4) is 5.75 Å². The maximum atomic E-state index is 12.9. The molecule has 0 aliphatic carbocycles. The summed E-state index contributed by atoms with van der Waals surface area (Å²) < 4.78 is 6.00. The molecule has 4 rings (SSSR count). The second-order valence-electron chi connectivity index (χ2n) is 6.54. The number of carbonyl (C=O) groups is 1. The number of fused-ring (bicyclic) bond motifs is 1. The van der Waals surface area contributed by atoms with E-state index in [9.17, 15) is 4.79 Å². The highest BCUT2D eigenvalue weighted by molar-refractivity contribution is 6.04. The zero-order valence-corrected chi connectivity index (χ0v) is 14.2. The Morgan fingerprint density at radius 3 is 2.68 bits per heavy atom. The summed E-state index contributed by atoms with van der Waals surface area (Å²) in [6.07, 6.45) is 1.83. The zero-order chi connectivity index (χ0) is 17.2. The molecule has 0 radical (unpaired) electrons. The number of H-pyrrole nitrogens is 1. The second-order valence-corrected chi connectivity index (χ2v) is 6.54. The van der Waals surface area contributed by atoms with Gasteiger partial charge >= 0.3 is 0 Å². The van der Waals surface area contributed by atoms with Crippen LogP contribution in [0.4, 0.5) is 0 Å². The first-order valence-corrected chi connectivity index (χ1v) is 8.66. The number of hydrogen-bond acceptors (Lipinski definition) is 3. The number of aromatic amines is 1. The third-order valence-electron chi connectivity index (χ3n) is 4.70. The Kier molecular flexibility index (Phi) is 4.14. The van der Waals surface area contributed by atoms with Crippen molar-refractivity contribution >= 4 is 16.8 Å². The molecule has 0 spiro atoms. The minimum absolute atomic E-state index is 0.00462. The second kappa shape index (κ2) is 6.59. The average Bonchev–Trinajstić information content (AvgIpc) is 3.05. The monoisotopic (exact) mass is 335 g/mol. The normalized spacial score (nSPS) is 15.5. The molecular weight excluding hydrogens is 314 g/mol. The fourth-order valence-electron chi connectivity index (χ4n) is 3.31. The van der Waals surface area contributed by atoms with Gasteiger partial charge in [0.1, 0.15) is 11.9 Å². The molecule has 0 saturated carbocycles. The van der Waals surface area contributed by atoms with Crippen molar-refractivity contribution < 1.29 is 9.53 Å². The van der Waals surface area contributed by atoms with Crippen LogP contribution in [0.5, 0.6) is 5.75 Å². The van der Waals surface area contributed by atoms with Gasteiger partial charge in [-0.2, -0.15) is 5.10 Å². The lowest BCUT2D eigenvalue weighted by Crippen LogP contribution is -2.42. The minimum atomic E-state index is -0.00462. The van der Waals surface area contributed by atoms with Crippen molar-refractivity contribution in [1.29, 1.82) is 0 Å². The first kappa shape index (κ1) is 15.7. The van der Waals surface area contributed by atoms with Crippen LogP contribution in [0.2, 0.25) is 0 Å². The number of para-hydroxylation sites is 1. The Morgan fingerprint density at radius 1 is 1.16 bits per heavy atom. The molecular formula is C20H21N3O2. The zero-order valence-electron chi connectivity index (χ0n) is 14.2. The Bertz CT molecular complexity index is 880. The maximum absolute atomic E-state index is 12.9. The van der Waals surface area contributed by atoms with Crippen LogP contribution in [0.15, 0.2) is 48.5 Å². The van der Waals surface area contributed by atoms with E-state index in [1.54, 1.807) is 0 Å². The lowest BCUT2D eigenvalue weighted by molar-refractivity contribution is 0.0592. The van der Waals surface area contributed by atoms with E-state index in [-0.39, 0.29) is 12.0 Å². The topological polar surface area (TPSA) is 58.2 Å². The molecule has 1 aromatic heterocycles. The number of aromatic nitrogens is 2. The predicted octanol–water partition coefficient (Wildman–Crippen LogP) is 3.55. The molecule has 5 heteroatoms. The smallest absolute Gasteiger partial charge is 0.274 e. The van der Waals surface area contributed by atoms with Crippen molar-refractivity contribution in [2.75, 3.05) is 13.1 Å². The molecule has 0 bridgehead atoms. The van der Waals surface area contributed by atoms with Crippen LogP contribution in [0.25, 0.3) is 10.9 Å². The summed E-state index contributed by atoms with van der Waals surface area (Å²) in [5, 5.41) is 8.10. The largest absolute Gasteiger partial charge is 0.490 e. The Hall–Kier alpha value is -2.82. The molecule has 1 aliphatic rings. The molecule has 0 atom stereocenters. The van der Waals surface area contributed by atoms with Crippen LogP contribution in [-0.4, -0.2) is 40.2 Å². The van der Waals surface area contributed by atoms with E-state index in [4.69, 9.17) is 4.74 Å². The number of likely N-dealkylation sites (tertiary alicyclic amines) is 1. The number of aryl methyl sites for hydroxylation is 1. The van der Waals surface area contributed by atoms with Gasteiger partial charge in [-0.15, -0.1) is 0 Å². The molecule has 5 nitrogen and oxygen atoms in total. The van der Waals surface area contributed by atoms with Gasteiger partial charge in [-0.1, -0.05) is 29.8 Å². The quantitative estimate of drug-likeness (QED) is 0.796. The van der Waals surface area contributed by atoms with Gasteiger partial charge in [0.25, 0.3) is 5.91 Å². The molecule has 1 saturated heterocycles. The molecule has 128 valence electrons. The molecule has 0 unspecified atom stereocenters. The first-order chi connectivity index (χ1) is 12.2. The number of benzene rings is 2. The molecule has 1 N–H and O–H groups in total. The number of piperidine rings is 1. The van der Waals surface area contributed by atoms with E-state index < -0.39 is 0 Å². The van der Waals surface area contributed by atoms with Gasteiger partial charge in [0.05, 0.1) is 5.52 Å². The lowest BCUT2D eigenvalue weighted by atomic mass is 10.1. The Balaban J connectivity index is 1.43. The number of amides is 1. The number of nitrogens with zero attached hydrogens (tertiary/aromatic N) is 2. The number of ether oxygens (including phenoxy) is 1. The average molecular weight is 335 g/mol. The van der Waals surface area contributed by atoms with Crippen molar-refractivity contribution in [2.24, 2.45) is 0 Å². The SMILES string of the molecule is Cc1ccc2[nH]nc(C(=O)N3CCC(Oc4ccccc4)CC3)c2c1. The van der Waals surface area contributed by atoms with E-state index in [0.717, 1.165) is 35.1 Å². The summed E-state index contributed by atoms with van der Waals surface area (Å²) in [5.41, 5.74) is 2.54. The van der Waals surface area contributed by atoms with Crippen molar-refractivity contribution in [3.05, 3.63) is 59.8 Å².